The first-order valence-electron chi connectivity index (χ1n) is 8.42. The number of benzene rings is 2. The van der Waals surface area contributed by atoms with E-state index in [9.17, 15) is 20.2 Å². The topological polar surface area (TPSA) is 109 Å². The Bertz CT molecular complexity index is 1170. The number of carbonyl (C=O) groups is 1. The van der Waals surface area contributed by atoms with Crippen molar-refractivity contribution in [3.8, 4) is 17.4 Å². The molecule has 3 rings (SSSR count). The number of anilines is 1. The molecular weight excluding hydrogens is 394 g/mol. The smallest absolute Gasteiger partial charge is 0.293 e. The van der Waals surface area contributed by atoms with Gasteiger partial charge >= 0.3 is 0 Å². The van der Waals surface area contributed by atoms with E-state index in [-0.39, 0.29) is 22.7 Å². The SMILES string of the molecule is Cc1ccc(NC(=O)/C(C#N)=C/c2ccc(-c3ccccc3Cl)o2)c([N+](=O)[O-])c1. The van der Waals surface area contributed by atoms with Gasteiger partial charge in [0.2, 0.25) is 0 Å². The number of nitriles is 1. The second-order valence-corrected chi connectivity index (χ2v) is 6.49. The summed E-state index contributed by atoms with van der Waals surface area (Å²) < 4.78 is 5.66. The number of rotatable bonds is 5. The van der Waals surface area contributed by atoms with Gasteiger partial charge in [-0.1, -0.05) is 29.8 Å². The third-order valence-corrected chi connectivity index (χ3v) is 4.35. The first kappa shape index (κ1) is 19.9. The zero-order chi connectivity index (χ0) is 21.0. The van der Waals surface area contributed by atoms with Gasteiger partial charge in [-0.15, -0.1) is 0 Å². The Hall–Kier alpha value is -3.89. The number of hydrogen-bond acceptors (Lipinski definition) is 5. The van der Waals surface area contributed by atoms with Crippen molar-refractivity contribution in [2.75, 3.05) is 5.32 Å². The van der Waals surface area contributed by atoms with E-state index in [1.807, 2.05) is 6.07 Å². The standard InChI is InChI=1S/C21H14ClN3O4/c1-13-6-8-18(19(10-13)25(27)28)24-21(26)14(12-23)11-15-7-9-20(29-15)16-4-2-3-5-17(16)22/h2-11H,1H3,(H,24,26)/b14-11+. The fraction of sp³-hybridized carbons (Fsp3) is 0.0476. The van der Waals surface area contributed by atoms with E-state index in [0.717, 1.165) is 0 Å². The Morgan fingerprint density at radius 3 is 2.69 bits per heavy atom. The second-order valence-electron chi connectivity index (χ2n) is 6.08. The summed E-state index contributed by atoms with van der Waals surface area (Å²) in [7, 11) is 0. The van der Waals surface area contributed by atoms with E-state index in [2.05, 4.69) is 5.32 Å². The predicted molar refractivity (Wildman–Crippen MR) is 109 cm³/mol. The van der Waals surface area contributed by atoms with Gasteiger partial charge in [0.25, 0.3) is 11.6 Å². The fourth-order valence-electron chi connectivity index (χ4n) is 2.62. The summed E-state index contributed by atoms with van der Waals surface area (Å²) >= 11 is 6.15. The normalized spacial score (nSPS) is 11.0. The molecule has 0 aliphatic rings. The van der Waals surface area contributed by atoms with Crippen molar-refractivity contribution in [2.24, 2.45) is 0 Å². The van der Waals surface area contributed by atoms with Crippen LogP contribution >= 0.6 is 11.6 Å². The molecule has 0 spiro atoms. The quantitative estimate of drug-likeness (QED) is 0.265. The van der Waals surface area contributed by atoms with Crippen molar-refractivity contribution in [2.45, 2.75) is 6.92 Å². The Morgan fingerprint density at radius 1 is 1.24 bits per heavy atom. The lowest BCUT2D eigenvalue weighted by Crippen LogP contribution is -2.14. The predicted octanol–water partition coefficient (Wildman–Crippen LogP) is 5.36. The number of carbonyl (C=O) groups excluding carboxylic acids is 1. The van der Waals surface area contributed by atoms with Crippen LogP contribution in [0.4, 0.5) is 11.4 Å². The highest BCUT2D eigenvalue weighted by Gasteiger charge is 2.18. The zero-order valence-corrected chi connectivity index (χ0v) is 15.9. The fourth-order valence-corrected chi connectivity index (χ4v) is 2.84. The Kier molecular flexibility index (Phi) is 5.77. The van der Waals surface area contributed by atoms with Crippen molar-refractivity contribution in [1.29, 1.82) is 5.26 Å². The van der Waals surface area contributed by atoms with E-state index >= 15 is 0 Å². The molecule has 0 aliphatic heterocycles. The first-order valence-corrected chi connectivity index (χ1v) is 8.80. The van der Waals surface area contributed by atoms with Gasteiger partial charge in [0.05, 0.1) is 9.95 Å². The molecule has 29 heavy (non-hydrogen) atoms. The summed E-state index contributed by atoms with van der Waals surface area (Å²) in [5.41, 5.74) is 0.831. The van der Waals surface area contributed by atoms with E-state index in [4.69, 9.17) is 16.0 Å². The van der Waals surface area contributed by atoms with Gasteiger partial charge < -0.3 is 9.73 Å². The van der Waals surface area contributed by atoms with Gasteiger partial charge in [-0.3, -0.25) is 14.9 Å². The van der Waals surface area contributed by atoms with Crippen LogP contribution in [-0.4, -0.2) is 10.8 Å². The van der Waals surface area contributed by atoms with Crippen LogP contribution in [0.15, 0.2) is 64.6 Å². The summed E-state index contributed by atoms with van der Waals surface area (Å²) in [6.07, 6.45) is 1.26. The zero-order valence-electron chi connectivity index (χ0n) is 15.2. The third-order valence-electron chi connectivity index (χ3n) is 4.02. The van der Waals surface area contributed by atoms with E-state index in [1.165, 1.54) is 18.2 Å². The van der Waals surface area contributed by atoms with Crippen LogP contribution in [0.2, 0.25) is 5.02 Å². The molecule has 0 atom stereocenters. The van der Waals surface area contributed by atoms with Gasteiger partial charge in [-0.25, -0.2) is 0 Å². The van der Waals surface area contributed by atoms with Crippen molar-refractivity contribution >= 4 is 35.0 Å². The minimum absolute atomic E-state index is 0.00273. The van der Waals surface area contributed by atoms with Crippen LogP contribution in [0, 0.1) is 28.4 Å². The van der Waals surface area contributed by atoms with Crippen molar-refractivity contribution in [3.05, 3.63) is 86.6 Å². The third kappa shape index (κ3) is 4.51. The lowest BCUT2D eigenvalue weighted by molar-refractivity contribution is -0.384. The minimum Gasteiger partial charge on any atom is -0.457 e. The number of nitrogens with zero attached hydrogens (tertiary/aromatic N) is 2. The molecule has 0 saturated heterocycles. The summed E-state index contributed by atoms with van der Waals surface area (Å²) in [5.74, 6) is -0.0334. The lowest BCUT2D eigenvalue weighted by atomic mass is 10.1. The lowest BCUT2D eigenvalue weighted by Gasteiger charge is -2.06. The molecule has 144 valence electrons. The van der Waals surface area contributed by atoms with Crippen LogP contribution in [-0.2, 0) is 4.79 Å². The molecular formula is C21H14ClN3O4. The molecule has 0 bridgehead atoms. The van der Waals surface area contributed by atoms with Gasteiger partial charge in [-0.05, 0) is 42.8 Å². The van der Waals surface area contributed by atoms with Gasteiger partial charge in [0, 0.05) is 17.7 Å². The number of amides is 1. The van der Waals surface area contributed by atoms with Crippen LogP contribution in [0.25, 0.3) is 17.4 Å². The summed E-state index contributed by atoms with van der Waals surface area (Å²) in [5, 5.41) is 23.5. The number of hydrogen-bond donors (Lipinski definition) is 1. The molecule has 0 radical (unpaired) electrons. The number of furan rings is 1. The molecule has 8 heteroatoms. The van der Waals surface area contributed by atoms with Crippen LogP contribution in [0.1, 0.15) is 11.3 Å². The second kappa shape index (κ2) is 8.42. The van der Waals surface area contributed by atoms with Crippen molar-refractivity contribution in [1.82, 2.24) is 0 Å². The average Bonchev–Trinajstić information content (AvgIpc) is 3.16. The van der Waals surface area contributed by atoms with Gasteiger partial charge in [0.1, 0.15) is 28.9 Å². The molecule has 1 aromatic heterocycles. The number of halogens is 1. The number of nitrogens with one attached hydrogen (secondary N) is 1. The molecule has 0 fully saturated rings. The van der Waals surface area contributed by atoms with Crippen molar-refractivity contribution < 1.29 is 14.1 Å². The highest BCUT2D eigenvalue weighted by Crippen LogP contribution is 2.30. The molecule has 2 aromatic carbocycles. The highest BCUT2D eigenvalue weighted by molar-refractivity contribution is 6.33. The molecule has 1 amide bonds. The Morgan fingerprint density at radius 2 is 2.00 bits per heavy atom. The maximum absolute atomic E-state index is 12.5. The van der Waals surface area contributed by atoms with Crippen LogP contribution < -0.4 is 5.32 Å². The summed E-state index contributed by atoms with van der Waals surface area (Å²) in [6, 6.07) is 16.5. The van der Waals surface area contributed by atoms with E-state index in [0.29, 0.717) is 21.9 Å². The van der Waals surface area contributed by atoms with Crippen LogP contribution in [0.5, 0.6) is 0 Å². The molecule has 3 aromatic rings. The molecule has 0 unspecified atom stereocenters. The van der Waals surface area contributed by atoms with Gasteiger partial charge in [0.15, 0.2) is 0 Å². The average molecular weight is 408 g/mol. The highest BCUT2D eigenvalue weighted by atomic mass is 35.5. The number of aryl methyl sites for hydroxylation is 1. The molecule has 1 heterocycles. The number of nitro benzene ring substituents is 1. The largest absolute Gasteiger partial charge is 0.457 e. The summed E-state index contributed by atoms with van der Waals surface area (Å²) in [6.45, 7) is 1.70. The summed E-state index contributed by atoms with van der Waals surface area (Å²) in [4.78, 5) is 23.1. The molecule has 0 aliphatic carbocycles. The molecule has 0 saturated carbocycles. The molecule has 1 N–H and O–H groups in total. The maximum Gasteiger partial charge on any atom is 0.293 e. The first-order chi connectivity index (χ1) is 13.9. The van der Waals surface area contributed by atoms with E-state index < -0.39 is 10.8 Å². The van der Waals surface area contributed by atoms with Crippen LogP contribution in [0.3, 0.4) is 0 Å². The van der Waals surface area contributed by atoms with E-state index in [1.54, 1.807) is 49.4 Å². The minimum atomic E-state index is -0.782. The monoisotopic (exact) mass is 407 g/mol. The Balaban J connectivity index is 1.86. The number of nitro groups is 1. The molecule has 7 nitrogen and oxygen atoms in total. The van der Waals surface area contributed by atoms with Gasteiger partial charge in [-0.2, -0.15) is 5.26 Å². The Labute approximate surface area is 171 Å². The maximum atomic E-state index is 12.5. The van der Waals surface area contributed by atoms with Crippen molar-refractivity contribution in [3.63, 3.8) is 0 Å².